The number of furan rings is 1. The van der Waals surface area contributed by atoms with Crippen LogP contribution in [0.15, 0.2) is 34.7 Å². The van der Waals surface area contributed by atoms with Crippen molar-refractivity contribution in [2.45, 2.75) is 26.3 Å². The highest BCUT2D eigenvalue weighted by Gasteiger charge is 2.43. The lowest BCUT2D eigenvalue weighted by Crippen LogP contribution is -2.38. The second-order valence-corrected chi connectivity index (χ2v) is 5.17. The van der Waals surface area contributed by atoms with Crippen molar-refractivity contribution in [3.05, 3.63) is 53.0 Å². The minimum Gasteiger partial charge on any atom is -0.493 e. The molecule has 0 radical (unpaired) electrons. The third-order valence-corrected chi connectivity index (χ3v) is 3.43. The van der Waals surface area contributed by atoms with Gasteiger partial charge in [-0.3, -0.25) is 4.79 Å². The first-order valence-electron chi connectivity index (χ1n) is 7.48. The van der Waals surface area contributed by atoms with Crippen LogP contribution in [0, 0.1) is 6.92 Å². The van der Waals surface area contributed by atoms with Crippen LogP contribution in [0.1, 0.15) is 34.4 Å². The topological polar surface area (TPSA) is 88.8 Å². The Morgan fingerprint density at radius 3 is 2.60 bits per heavy atom. The lowest BCUT2D eigenvalue weighted by Gasteiger charge is -2.19. The molecule has 0 aliphatic heterocycles. The largest absolute Gasteiger partial charge is 0.493 e. The number of carboxylic acid groups (broad SMARTS) is 1. The molecule has 0 aliphatic carbocycles. The van der Waals surface area contributed by atoms with E-state index >= 15 is 0 Å². The van der Waals surface area contributed by atoms with Gasteiger partial charge in [0.1, 0.15) is 22.8 Å². The first-order chi connectivity index (χ1) is 11.8. The molecular formula is C17H17F2NO5. The Bertz CT molecular complexity index is 785. The minimum atomic E-state index is -3.82. The van der Waals surface area contributed by atoms with Gasteiger partial charge in [0, 0.05) is 0 Å². The molecule has 0 fully saturated rings. The second kappa shape index (κ2) is 7.33. The maximum Gasteiger partial charge on any atom is 0.353 e. The zero-order valence-electron chi connectivity index (χ0n) is 13.6. The van der Waals surface area contributed by atoms with Crippen LogP contribution in [0.5, 0.6) is 5.75 Å². The monoisotopic (exact) mass is 353 g/mol. The zero-order valence-corrected chi connectivity index (χ0v) is 13.6. The molecule has 0 unspecified atom stereocenters. The van der Waals surface area contributed by atoms with E-state index in [2.05, 4.69) is 5.32 Å². The fourth-order valence-electron chi connectivity index (χ4n) is 2.25. The van der Waals surface area contributed by atoms with Crippen molar-refractivity contribution < 1.29 is 32.6 Å². The van der Waals surface area contributed by atoms with E-state index in [1.54, 1.807) is 6.92 Å². The van der Waals surface area contributed by atoms with Crippen molar-refractivity contribution in [1.29, 1.82) is 0 Å². The van der Waals surface area contributed by atoms with Crippen LogP contribution in [-0.2, 0) is 17.3 Å². The molecule has 8 heteroatoms. The molecular weight excluding hydrogens is 336 g/mol. The van der Waals surface area contributed by atoms with E-state index in [9.17, 15) is 18.4 Å². The van der Waals surface area contributed by atoms with E-state index in [0.717, 1.165) is 6.07 Å². The van der Waals surface area contributed by atoms with Crippen LogP contribution in [0.4, 0.5) is 8.78 Å². The van der Waals surface area contributed by atoms with Crippen molar-refractivity contribution in [1.82, 2.24) is 5.32 Å². The molecule has 0 atom stereocenters. The lowest BCUT2D eigenvalue weighted by molar-refractivity contribution is -0.147. The van der Waals surface area contributed by atoms with E-state index in [4.69, 9.17) is 14.3 Å². The van der Waals surface area contributed by atoms with Crippen LogP contribution in [0.25, 0.3) is 0 Å². The fourth-order valence-corrected chi connectivity index (χ4v) is 2.25. The molecule has 0 bridgehead atoms. The predicted molar refractivity (Wildman–Crippen MR) is 83.8 cm³/mol. The van der Waals surface area contributed by atoms with Gasteiger partial charge in [-0.15, -0.1) is 0 Å². The number of alkyl halides is 2. The number of carbonyl (C=O) groups excluding carboxylic acids is 1. The molecule has 1 aromatic heterocycles. The Balaban J connectivity index is 2.14. The molecule has 2 rings (SSSR count). The van der Waals surface area contributed by atoms with Crippen molar-refractivity contribution in [2.75, 3.05) is 6.61 Å². The average molecular weight is 353 g/mol. The molecule has 1 amide bonds. The van der Waals surface area contributed by atoms with Gasteiger partial charge >= 0.3 is 11.9 Å². The van der Waals surface area contributed by atoms with Gasteiger partial charge in [0.05, 0.1) is 18.7 Å². The number of amides is 1. The fraction of sp³-hybridized carbons (Fsp3) is 0.294. The molecule has 2 N–H and O–H groups in total. The Kier molecular flexibility index (Phi) is 5.41. The Morgan fingerprint density at radius 1 is 1.32 bits per heavy atom. The highest BCUT2D eigenvalue weighted by atomic mass is 19.3. The van der Waals surface area contributed by atoms with E-state index in [1.165, 1.54) is 31.2 Å². The normalized spacial score (nSPS) is 11.2. The number of halogens is 2. The summed E-state index contributed by atoms with van der Waals surface area (Å²) in [5, 5.41) is 11.0. The Morgan fingerprint density at radius 2 is 2.00 bits per heavy atom. The first kappa shape index (κ1) is 18.4. The first-order valence-corrected chi connectivity index (χ1v) is 7.48. The summed E-state index contributed by atoms with van der Waals surface area (Å²) < 4.78 is 39.1. The van der Waals surface area contributed by atoms with Crippen molar-refractivity contribution in [3.63, 3.8) is 0 Å². The van der Waals surface area contributed by atoms with Gasteiger partial charge < -0.3 is 19.6 Å². The van der Waals surface area contributed by atoms with Crippen LogP contribution in [-0.4, -0.2) is 23.6 Å². The molecule has 0 saturated heterocycles. The number of hydrogen-bond acceptors (Lipinski definition) is 4. The molecule has 1 heterocycles. The third-order valence-electron chi connectivity index (χ3n) is 3.43. The summed E-state index contributed by atoms with van der Waals surface area (Å²) in [4.78, 5) is 22.9. The summed E-state index contributed by atoms with van der Waals surface area (Å²) in [6.07, 6.45) is 0. The zero-order chi connectivity index (χ0) is 18.6. The number of carbonyl (C=O) groups is 2. The third kappa shape index (κ3) is 3.96. The molecule has 6 nitrogen and oxygen atoms in total. The Hall–Kier alpha value is -2.90. The van der Waals surface area contributed by atoms with E-state index in [0.29, 0.717) is 0 Å². The molecule has 0 aliphatic rings. The summed E-state index contributed by atoms with van der Waals surface area (Å²) in [7, 11) is 0. The lowest BCUT2D eigenvalue weighted by atomic mass is 10.1. The maximum atomic E-state index is 14.4. The average Bonchev–Trinajstić information content (AvgIpc) is 2.94. The number of benzene rings is 1. The summed E-state index contributed by atoms with van der Waals surface area (Å²) in [6.45, 7) is 2.90. The van der Waals surface area contributed by atoms with Gasteiger partial charge in [-0.1, -0.05) is 12.1 Å². The molecule has 0 saturated carbocycles. The maximum absolute atomic E-state index is 14.4. The van der Waals surface area contributed by atoms with Crippen molar-refractivity contribution in [3.8, 4) is 5.75 Å². The smallest absolute Gasteiger partial charge is 0.353 e. The SMILES string of the molecule is CCOc1ccccc1C(F)(F)C(=O)NCc1cc(C(=O)O)c(C)o1. The number of ether oxygens (including phenoxy) is 1. The standard InChI is InChI=1S/C17H17F2NO5/c1-3-24-14-7-5-4-6-13(14)17(18,19)16(23)20-9-11-8-12(15(21)22)10(2)25-11/h4-8H,3,9H2,1-2H3,(H,20,23)(H,21,22). The summed E-state index contributed by atoms with van der Waals surface area (Å²) in [5.41, 5.74) is -0.631. The van der Waals surface area contributed by atoms with Crippen LogP contribution in [0.3, 0.4) is 0 Å². The number of nitrogens with one attached hydrogen (secondary N) is 1. The number of aryl methyl sites for hydroxylation is 1. The molecule has 25 heavy (non-hydrogen) atoms. The quantitative estimate of drug-likeness (QED) is 0.798. The van der Waals surface area contributed by atoms with E-state index in [-0.39, 0.29) is 36.0 Å². The van der Waals surface area contributed by atoms with Gasteiger partial charge in [0.25, 0.3) is 5.91 Å². The number of para-hydroxylation sites is 1. The van der Waals surface area contributed by atoms with Crippen LogP contribution >= 0.6 is 0 Å². The molecule has 2 aromatic rings. The molecule has 0 spiro atoms. The highest BCUT2D eigenvalue weighted by molar-refractivity contribution is 5.89. The van der Waals surface area contributed by atoms with Gasteiger partial charge in [0.2, 0.25) is 0 Å². The summed E-state index contributed by atoms with van der Waals surface area (Å²) in [6, 6.07) is 6.57. The number of rotatable bonds is 7. The number of hydrogen-bond donors (Lipinski definition) is 2. The van der Waals surface area contributed by atoms with E-state index < -0.39 is 23.4 Å². The highest BCUT2D eigenvalue weighted by Crippen LogP contribution is 2.35. The second-order valence-electron chi connectivity index (χ2n) is 5.17. The summed E-state index contributed by atoms with van der Waals surface area (Å²) in [5.74, 6) is -6.43. The van der Waals surface area contributed by atoms with Crippen LogP contribution in [0.2, 0.25) is 0 Å². The van der Waals surface area contributed by atoms with Crippen molar-refractivity contribution in [2.24, 2.45) is 0 Å². The molecule has 134 valence electrons. The van der Waals surface area contributed by atoms with Gasteiger partial charge in [-0.25, -0.2) is 4.79 Å². The number of aromatic carboxylic acids is 1. The van der Waals surface area contributed by atoms with Crippen molar-refractivity contribution >= 4 is 11.9 Å². The predicted octanol–water partition coefficient (Wildman–Crippen LogP) is 3.09. The Labute approximate surface area is 142 Å². The number of carboxylic acids is 1. The van der Waals surface area contributed by atoms with Gasteiger partial charge in [0.15, 0.2) is 0 Å². The molecule has 1 aromatic carbocycles. The van der Waals surface area contributed by atoms with Gasteiger partial charge in [-0.05, 0) is 32.0 Å². The summed E-state index contributed by atoms with van der Waals surface area (Å²) >= 11 is 0. The van der Waals surface area contributed by atoms with Crippen LogP contribution < -0.4 is 10.1 Å². The van der Waals surface area contributed by atoms with Gasteiger partial charge in [-0.2, -0.15) is 8.78 Å². The van der Waals surface area contributed by atoms with E-state index in [1.807, 2.05) is 0 Å². The minimum absolute atomic E-state index is 0.0668.